The Hall–Kier alpha value is -2.98. The van der Waals surface area contributed by atoms with E-state index in [1.165, 1.54) is 4.88 Å². The number of imidazole rings is 1. The van der Waals surface area contributed by atoms with E-state index < -0.39 is 0 Å². The van der Waals surface area contributed by atoms with Crippen LogP contribution in [0.25, 0.3) is 22.6 Å². The molecule has 26 heavy (non-hydrogen) atoms. The van der Waals surface area contributed by atoms with Gasteiger partial charge in [-0.15, -0.1) is 11.3 Å². The molecule has 0 aliphatic carbocycles. The molecule has 0 aliphatic heterocycles. The van der Waals surface area contributed by atoms with Crippen LogP contribution in [0.15, 0.2) is 34.5 Å². The molecule has 0 atom stereocenters. The Morgan fingerprint density at radius 3 is 3.04 bits per heavy atom. The Morgan fingerprint density at radius 1 is 1.35 bits per heavy atom. The highest BCUT2D eigenvalue weighted by Gasteiger charge is 2.23. The summed E-state index contributed by atoms with van der Waals surface area (Å²) >= 11 is 1.74. The number of thiophene rings is 1. The summed E-state index contributed by atoms with van der Waals surface area (Å²) in [7, 11) is 0. The zero-order chi connectivity index (χ0) is 17.9. The van der Waals surface area contributed by atoms with Gasteiger partial charge in [0.2, 0.25) is 5.69 Å². The van der Waals surface area contributed by atoms with Crippen LogP contribution in [0.5, 0.6) is 5.88 Å². The van der Waals surface area contributed by atoms with Gasteiger partial charge in [0.15, 0.2) is 5.82 Å². The van der Waals surface area contributed by atoms with Gasteiger partial charge in [-0.2, -0.15) is 0 Å². The lowest BCUT2D eigenvalue weighted by molar-refractivity contribution is -0.143. The lowest BCUT2D eigenvalue weighted by atomic mass is 10.3. The second kappa shape index (κ2) is 7.10. The molecular formula is C16H16N6O3S. The summed E-state index contributed by atoms with van der Waals surface area (Å²) in [5.74, 6) is 0.359. The molecule has 0 aromatic carbocycles. The molecule has 4 rings (SSSR count). The van der Waals surface area contributed by atoms with Gasteiger partial charge in [-0.1, -0.05) is 6.07 Å². The summed E-state index contributed by atoms with van der Waals surface area (Å²) in [5, 5.41) is 21.8. The summed E-state index contributed by atoms with van der Waals surface area (Å²) in [4.78, 5) is 14.4. The number of nitrogens with zero attached hydrogens (tertiary/aromatic N) is 5. The van der Waals surface area contributed by atoms with Gasteiger partial charge < -0.3 is 14.8 Å². The highest BCUT2D eigenvalue weighted by molar-refractivity contribution is 7.09. The molecule has 10 heteroatoms. The van der Waals surface area contributed by atoms with Gasteiger partial charge in [0, 0.05) is 18.0 Å². The fraction of sp³-hybridized carbons (Fsp3) is 0.250. The van der Waals surface area contributed by atoms with Crippen molar-refractivity contribution in [2.24, 2.45) is 0 Å². The van der Waals surface area contributed by atoms with Crippen molar-refractivity contribution in [3.63, 3.8) is 0 Å². The van der Waals surface area contributed by atoms with E-state index in [4.69, 9.17) is 5.26 Å². The van der Waals surface area contributed by atoms with Crippen LogP contribution in [-0.2, 0) is 13.0 Å². The molecule has 0 amide bonds. The minimum atomic E-state index is -0.129. The predicted molar refractivity (Wildman–Crippen MR) is 96.3 cm³/mol. The molecule has 9 nitrogen and oxygen atoms in total. The third kappa shape index (κ3) is 2.89. The largest absolute Gasteiger partial charge is 0.382 e. The highest BCUT2D eigenvalue weighted by Crippen LogP contribution is 2.31. The van der Waals surface area contributed by atoms with Crippen molar-refractivity contribution in [1.82, 2.24) is 24.8 Å². The monoisotopic (exact) mass is 372 g/mol. The van der Waals surface area contributed by atoms with Gasteiger partial charge in [0.05, 0.1) is 23.6 Å². The van der Waals surface area contributed by atoms with Crippen LogP contribution in [0.4, 0.5) is 5.69 Å². The fourth-order valence-electron chi connectivity index (χ4n) is 2.86. The van der Waals surface area contributed by atoms with Crippen LogP contribution in [0.2, 0.25) is 0 Å². The van der Waals surface area contributed by atoms with Crippen LogP contribution in [0, 0.1) is 0 Å². The van der Waals surface area contributed by atoms with Gasteiger partial charge in [-0.05, 0) is 35.1 Å². The average Bonchev–Trinajstić information content (AvgIpc) is 3.40. The normalized spacial score (nSPS) is 11.2. The molecule has 0 aliphatic rings. The number of aryl methyl sites for hydroxylation is 1. The molecule has 0 saturated carbocycles. The van der Waals surface area contributed by atoms with E-state index in [0.29, 0.717) is 17.9 Å². The second-order valence-corrected chi connectivity index (χ2v) is 6.53. The number of aromatic nitrogens is 5. The van der Waals surface area contributed by atoms with Crippen LogP contribution < -0.4 is 10.2 Å². The maximum atomic E-state index is 8.95. The number of hydrogen-bond acceptors (Lipinski definition) is 9. The standard InChI is InChI=1S/C16H16N6O3S/c1-2-22-14-11(18-6-5-10-4-3-7-26-10)8-17-9-12(14)19-15(22)13-16(24-23)21-25-20-13/h3-4,7-9,18,23H,2,5-6H2,1H3. The van der Waals surface area contributed by atoms with Gasteiger partial charge in [-0.25, -0.2) is 14.9 Å². The van der Waals surface area contributed by atoms with Gasteiger partial charge in [-0.3, -0.25) is 4.98 Å². The number of rotatable bonds is 7. The van der Waals surface area contributed by atoms with Gasteiger partial charge in [0.1, 0.15) is 5.52 Å². The van der Waals surface area contributed by atoms with Crippen molar-refractivity contribution < 1.29 is 14.8 Å². The Balaban J connectivity index is 1.70. The van der Waals surface area contributed by atoms with Crippen molar-refractivity contribution in [2.45, 2.75) is 19.9 Å². The first-order valence-electron chi connectivity index (χ1n) is 8.06. The van der Waals surface area contributed by atoms with Crippen LogP contribution >= 0.6 is 11.3 Å². The lowest BCUT2D eigenvalue weighted by Crippen LogP contribution is -2.07. The van der Waals surface area contributed by atoms with Crippen LogP contribution in [0.3, 0.4) is 0 Å². The van der Waals surface area contributed by atoms with Crippen molar-refractivity contribution in [3.05, 3.63) is 34.8 Å². The number of nitrogens with one attached hydrogen (secondary N) is 1. The minimum Gasteiger partial charge on any atom is -0.382 e. The Labute approximate surface area is 152 Å². The molecule has 4 heterocycles. The molecule has 0 spiro atoms. The van der Waals surface area contributed by atoms with Gasteiger partial charge >= 0.3 is 5.88 Å². The smallest absolute Gasteiger partial charge is 0.327 e. The molecule has 2 N–H and O–H groups in total. The topological polar surface area (TPSA) is 111 Å². The third-order valence-electron chi connectivity index (χ3n) is 3.99. The average molecular weight is 372 g/mol. The summed E-state index contributed by atoms with van der Waals surface area (Å²) in [6.07, 6.45) is 4.39. The zero-order valence-corrected chi connectivity index (χ0v) is 14.7. The van der Waals surface area contributed by atoms with E-state index in [-0.39, 0.29) is 11.6 Å². The SMILES string of the molecule is CCn1c(-c2nonc2OO)nc2cncc(NCCc3cccs3)c21. The first kappa shape index (κ1) is 16.5. The molecular weight excluding hydrogens is 356 g/mol. The van der Waals surface area contributed by atoms with Crippen LogP contribution in [-0.4, -0.2) is 36.7 Å². The maximum Gasteiger partial charge on any atom is 0.327 e. The molecule has 0 radical (unpaired) electrons. The molecule has 0 bridgehead atoms. The molecule has 4 aromatic rings. The molecule has 0 saturated heterocycles. The first-order valence-corrected chi connectivity index (χ1v) is 8.94. The van der Waals surface area contributed by atoms with E-state index >= 15 is 0 Å². The molecule has 0 unspecified atom stereocenters. The molecule has 0 fully saturated rings. The van der Waals surface area contributed by atoms with Crippen molar-refractivity contribution in [2.75, 3.05) is 11.9 Å². The zero-order valence-electron chi connectivity index (χ0n) is 13.9. The van der Waals surface area contributed by atoms with Crippen molar-refractivity contribution in [3.8, 4) is 17.4 Å². The van der Waals surface area contributed by atoms with E-state index in [1.54, 1.807) is 23.7 Å². The Bertz CT molecular complexity index is 1010. The summed E-state index contributed by atoms with van der Waals surface area (Å²) < 4.78 is 6.61. The number of pyridine rings is 1. The van der Waals surface area contributed by atoms with E-state index in [1.807, 2.05) is 17.6 Å². The number of hydrogen-bond donors (Lipinski definition) is 2. The number of fused-ring (bicyclic) bond motifs is 1. The Morgan fingerprint density at radius 2 is 2.27 bits per heavy atom. The van der Waals surface area contributed by atoms with E-state index in [0.717, 1.165) is 24.2 Å². The van der Waals surface area contributed by atoms with E-state index in [9.17, 15) is 0 Å². The summed E-state index contributed by atoms with van der Waals surface area (Å²) in [6, 6.07) is 4.17. The van der Waals surface area contributed by atoms with E-state index in [2.05, 4.69) is 46.6 Å². The van der Waals surface area contributed by atoms with Crippen molar-refractivity contribution in [1.29, 1.82) is 0 Å². The van der Waals surface area contributed by atoms with Crippen molar-refractivity contribution >= 4 is 28.1 Å². The maximum absolute atomic E-state index is 8.95. The molecule has 134 valence electrons. The summed E-state index contributed by atoms with van der Waals surface area (Å²) in [5.41, 5.74) is 2.71. The lowest BCUT2D eigenvalue weighted by Gasteiger charge is -2.10. The first-order chi connectivity index (χ1) is 12.8. The predicted octanol–water partition coefficient (Wildman–Crippen LogP) is 3.07. The van der Waals surface area contributed by atoms with Crippen LogP contribution in [0.1, 0.15) is 11.8 Å². The molecule has 4 aromatic heterocycles. The van der Waals surface area contributed by atoms with Gasteiger partial charge in [0.25, 0.3) is 0 Å². The second-order valence-electron chi connectivity index (χ2n) is 5.50. The minimum absolute atomic E-state index is 0.129. The highest BCUT2D eigenvalue weighted by atomic mass is 32.1. The summed E-state index contributed by atoms with van der Waals surface area (Å²) in [6.45, 7) is 3.41. The third-order valence-corrected chi connectivity index (χ3v) is 4.93. The Kier molecular flexibility index (Phi) is 4.50. The number of anilines is 1. The fourth-order valence-corrected chi connectivity index (χ4v) is 3.57. The quantitative estimate of drug-likeness (QED) is 0.376.